The van der Waals surface area contributed by atoms with Crippen molar-refractivity contribution in [1.29, 1.82) is 0 Å². The number of carbonyl (C=O) groups is 1. The summed E-state index contributed by atoms with van der Waals surface area (Å²) in [5, 5.41) is 120. The van der Waals surface area contributed by atoms with Crippen molar-refractivity contribution in [3.8, 4) is 0 Å². The molecule has 3 heterocycles. The number of carbonyl (C=O) groups excluding carboxylic acids is 1. The van der Waals surface area contributed by atoms with Crippen molar-refractivity contribution in [3.63, 3.8) is 0 Å². The molecule has 19 heteroatoms. The maximum atomic E-state index is 13.4. The summed E-state index contributed by atoms with van der Waals surface area (Å²) in [6.07, 6.45) is 44.4. The predicted molar refractivity (Wildman–Crippen MR) is 364 cm³/mol. The van der Waals surface area contributed by atoms with Gasteiger partial charge in [-0.15, -0.1) is 0 Å². The molecule has 3 fully saturated rings. The van der Waals surface area contributed by atoms with Crippen molar-refractivity contribution in [2.75, 3.05) is 26.4 Å². The first kappa shape index (κ1) is 84.2. The SMILES string of the molecule is CC/C=C\C/C=C\C/C=C\C/C=C\CCCCCCCCCCCCCCCCCCCCCCC(=O)NC(COC1OC(CO)C(OC2OC(CO)C(OC3OC(CO)C(O)C(O)C3O)C(O)C2O)C(O)C1O)C(O)/C=C/CC/C=C/CC/C=C/CCCCCCC. The Morgan fingerprint density at radius 3 is 1.20 bits per heavy atom. The zero-order valence-corrected chi connectivity index (χ0v) is 57.0. The molecule has 3 aliphatic rings. The largest absolute Gasteiger partial charge is 0.394 e. The summed E-state index contributed by atoms with van der Waals surface area (Å²) in [7, 11) is 0. The van der Waals surface area contributed by atoms with Crippen LogP contribution in [0.4, 0.5) is 0 Å². The van der Waals surface area contributed by atoms with Gasteiger partial charge in [0, 0.05) is 6.42 Å². The molecular formula is C74H129NO18. The Kier molecular flexibility index (Phi) is 49.7. The minimum Gasteiger partial charge on any atom is -0.394 e. The van der Waals surface area contributed by atoms with E-state index < -0.39 is 124 Å². The summed E-state index contributed by atoms with van der Waals surface area (Å²) >= 11 is 0. The normalized spacial score (nSPS) is 28.0. The third kappa shape index (κ3) is 36.4. The summed E-state index contributed by atoms with van der Waals surface area (Å²) in [6.45, 7) is 1.58. The maximum absolute atomic E-state index is 13.4. The van der Waals surface area contributed by atoms with E-state index in [0.717, 1.165) is 70.6 Å². The number of aliphatic hydroxyl groups excluding tert-OH is 11. The van der Waals surface area contributed by atoms with Crippen LogP contribution in [0.25, 0.3) is 0 Å². The molecule has 93 heavy (non-hydrogen) atoms. The van der Waals surface area contributed by atoms with Gasteiger partial charge < -0.3 is 89.9 Å². The molecule has 0 aromatic heterocycles. The van der Waals surface area contributed by atoms with Gasteiger partial charge in [0.05, 0.1) is 38.6 Å². The van der Waals surface area contributed by atoms with Gasteiger partial charge in [-0.1, -0.05) is 240 Å². The van der Waals surface area contributed by atoms with Gasteiger partial charge >= 0.3 is 0 Å². The van der Waals surface area contributed by atoms with Crippen molar-refractivity contribution < 1.29 is 89.4 Å². The quantitative estimate of drug-likeness (QED) is 0.0199. The number of aliphatic hydroxyl groups is 11. The summed E-state index contributed by atoms with van der Waals surface area (Å²) in [5.74, 6) is -0.290. The highest BCUT2D eigenvalue weighted by atomic mass is 16.8. The van der Waals surface area contributed by atoms with Gasteiger partial charge in [-0.3, -0.25) is 4.79 Å². The Bertz CT molecular complexity index is 2010. The number of amides is 1. The second kappa shape index (κ2) is 54.9. The molecule has 12 N–H and O–H groups in total. The monoisotopic (exact) mass is 1320 g/mol. The van der Waals surface area contributed by atoms with Crippen LogP contribution in [0.15, 0.2) is 85.1 Å². The highest BCUT2D eigenvalue weighted by molar-refractivity contribution is 5.76. The minimum absolute atomic E-state index is 0.231. The molecule has 0 aromatic carbocycles. The van der Waals surface area contributed by atoms with Crippen LogP contribution in [0.2, 0.25) is 0 Å². The highest BCUT2D eigenvalue weighted by Gasteiger charge is 2.53. The van der Waals surface area contributed by atoms with Crippen molar-refractivity contribution in [3.05, 3.63) is 85.1 Å². The number of ether oxygens (including phenoxy) is 6. The van der Waals surface area contributed by atoms with Gasteiger partial charge in [-0.05, 0) is 83.5 Å². The summed E-state index contributed by atoms with van der Waals surface area (Å²) in [5.41, 5.74) is 0. The molecule has 17 unspecified atom stereocenters. The molecule has 0 radical (unpaired) electrons. The zero-order chi connectivity index (χ0) is 67.5. The smallest absolute Gasteiger partial charge is 0.220 e. The Balaban J connectivity index is 1.36. The average Bonchev–Trinajstić information content (AvgIpc) is 0.902. The van der Waals surface area contributed by atoms with Gasteiger partial charge in [0.2, 0.25) is 5.91 Å². The fraction of sp³-hybridized carbons (Fsp3) is 0.797. The average molecular weight is 1320 g/mol. The van der Waals surface area contributed by atoms with Crippen LogP contribution in [0, 0.1) is 0 Å². The van der Waals surface area contributed by atoms with E-state index in [4.69, 9.17) is 28.4 Å². The lowest BCUT2D eigenvalue weighted by atomic mass is 9.96. The Morgan fingerprint density at radius 1 is 0.398 bits per heavy atom. The van der Waals surface area contributed by atoms with Crippen molar-refractivity contribution in [2.24, 2.45) is 0 Å². The molecule has 0 aromatic rings. The van der Waals surface area contributed by atoms with E-state index in [1.165, 1.54) is 141 Å². The number of hydrogen-bond acceptors (Lipinski definition) is 18. The lowest BCUT2D eigenvalue weighted by Gasteiger charge is -2.48. The van der Waals surface area contributed by atoms with Crippen LogP contribution in [-0.2, 0) is 33.2 Å². The van der Waals surface area contributed by atoms with E-state index in [9.17, 15) is 61.0 Å². The van der Waals surface area contributed by atoms with Crippen LogP contribution >= 0.6 is 0 Å². The maximum Gasteiger partial charge on any atom is 0.220 e. The number of hydrogen-bond donors (Lipinski definition) is 12. The number of nitrogens with one attached hydrogen (secondary N) is 1. The van der Waals surface area contributed by atoms with Gasteiger partial charge in [-0.2, -0.15) is 0 Å². The second-order valence-corrected chi connectivity index (χ2v) is 25.6. The second-order valence-electron chi connectivity index (χ2n) is 25.6. The van der Waals surface area contributed by atoms with Crippen LogP contribution in [-0.4, -0.2) is 193 Å². The molecule has 3 aliphatic heterocycles. The number of allylic oxidation sites excluding steroid dienone is 13. The van der Waals surface area contributed by atoms with Crippen molar-refractivity contribution in [1.82, 2.24) is 5.32 Å². The van der Waals surface area contributed by atoms with E-state index in [1.807, 2.05) is 6.08 Å². The first-order valence-corrected chi connectivity index (χ1v) is 36.3. The topological polar surface area (TPSA) is 307 Å². The molecule has 3 saturated heterocycles. The van der Waals surface area contributed by atoms with Crippen LogP contribution in [0.1, 0.15) is 245 Å². The fourth-order valence-electron chi connectivity index (χ4n) is 11.8. The van der Waals surface area contributed by atoms with Gasteiger partial charge in [-0.25, -0.2) is 0 Å². The van der Waals surface area contributed by atoms with Gasteiger partial charge in [0.15, 0.2) is 18.9 Å². The van der Waals surface area contributed by atoms with E-state index in [0.29, 0.717) is 12.8 Å². The summed E-state index contributed by atoms with van der Waals surface area (Å²) in [4.78, 5) is 13.4. The number of unbranched alkanes of at least 4 members (excludes halogenated alkanes) is 27. The third-order valence-electron chi connectivity index (χ3n) is 17.7. The van der Waals surface area contributed by atoms with E-state index in [-0.39, 0.29) is 18.9 Å². The minimum atomic E-state index is -1.98. The first-order chi connectivity index (χ1) is 45.3. The van der Waals surface area contributed by atoms with Crippen molar-refractivity contribution >= 4 is 5.91 Å². The van der Waals surface area contributed by atoms with E-state index in [1.54, 1.807) is 6.08 Å². The molecular weight excluding hydrogens is 1190 g/mol. The Morgan fingerprint density at radius 2 is 0.753 bits per heavy atom. The predicted octanol–water partition coefficient (Wildman–Crippen LogP) is 10.3. The molecule has 19 nitrogen and oxygen atoms in total. The van der Waals surface area contributed by atoms with Gasteiger partial charge in [0.25, 0.3) is 0 Å². The highest BCUT2D eigenvalue weighted by Crippen LogP contribution is 2.33. The van der Waals surface area contributed by atoms with Crippen LogP contribution < -0.4 is 5.32 Å². The van der Waals surface area contributed by atoms with Crippen molar-refractivity contribution in [2.45, 2.75) is 349 Å². The number of rotatable bonds is 55. The third-order valence-corrected chi connectivity index (χ3v) is 17.7. The molecule has 538 valence electrons. The van der Waals surface area contributed by atoms with Crippen LogP contribution in [0.3, 0.4) is 0 Å². The molecule has 0 aliphatic carbocycles. The Labute approximate surface area is 559 Å². The standard InChI is InChI=1S/C74H129NO18/c1-3-5-7-9-11-13-15-17-19-20-21-22-23-24-25-26-27-28-29-30-31-32-33-34-35-36-38-40-42-44-46-48-50-52-62(80)75-57(58(79)51-49-47-45-43-41-39-37-18-16-14-12-10-8-6-4-2)56-88-72-68(86)65(83)70(60(54-77)90-72)93-74-69(87)66(84)71(61(55-78)91-74)92-73-67(85)64(82)63(81)59(53-76)89-73/h5,7,11,13,16-19,21-22,41,43,49,51,57-61,63-74,76-79,81-87H,3-4,6,8-10,12,14-15,20,23-40,42,44-48,50,52-56H2,1-2H3,(H,75,80)/b7-5-,13-11-,18-16+,19-17-,22-21-,43-41+,51-49+. The van der Waals surface area contributed by atoms with Crippen LogP contribution in [0.5, 0.6) is 0 Å². The zero-order valence-electron chi connectivity index (χ0n) is 57.0. The molecule has 3 rings (SSSR count). The molecule has 0 saturated carbocycles. The lowest BCUT2D eigenvalue weighted by Crippen LogP contribution is -2.66. The van der Waals surface area contributed by atoms with Gasteiger partial charge in [0.1, 0.15) is 73.2 Å². The lowest BCUT2D eigenvalue weighted by molar-refractivity contribution is -0.379. The first-order valence-electron chi connectivity index (χ1n) is 36.3. The van der Waals surface area contributed by atoms with E-state index in [2.05, 4.69) is 92.1 Å². The Hall–Kier alpha value is -3.03. The summed E-state index contributed by atoms with van der Waals surface area (Å²) in [6, 6.07) is -0.999. The molecule has 0 spiro atoms. The molecule has 1 amide bonds. The fourth-order valence-corrected chi connectivity index (χ4v) is 11.8. The van der Waals surface area contributed by atoms with E-state index >= 15 is 0 Å². The summed E-state index contributed by atoms with van der Waals surface area (Å²) < 4.78 is 34.3. The molecule has 0 bridgehead atoms. The molecule has 17 atom stereocenters.